The summed E-state index contributed by atoms with van der Waals surface area (Å²) in [5.74, 6) is -0.366. The fourth-order valence-corrected chi connectivity index (χ4v) is 2.55. The molecule has 0 saturated carbocycles. The minimum absolute atomic E-state index is 0.187. The van der Waals surface area contributed by atoms with Crippen LogP contribution in [0.15, 0.2) is 18.2 Å². The highest BCUT2D eigenvalue weighted by Gasteiger charge is 2.18. The lowest BCUT2D eigenvalue weighted by Crippen LogP contribution is -2.50. The fourth-order valence-electron chi connectivity index (χ4n) is 2.16. The molecular weight excluding hydrogens is 285 g/mol. The summed E-state index contributed by atoms with van der Waals surface area (Å²) in [4.78, 5) is 4.47. The van der Waals surface area contributed by atoms with E-state index in [1.165, 1.54) is 6.07 Å². The lowest BCUT2D eigenvalue weighted by atomic mass is 10.2. The largest absolute Gasteiger partial charge is 0.366 e. The molecule has 104 valence electrons. The molecule has 0 aromatic heterocycles. The van der Waals surface area contributed by atoms with E-state index in [0.29, 0.717) is 0 Å². The maximum absolute atomic E-state index is 13.1. The van der Waals surface area contributed by atoms with Gasteiger partial charge in [0.15, 0.2) is 5.11 Å². The topological polar surface area (TPSA) is 18.5 Å². The van der Waals surface area contributed by atoms with E-state index in [1.807, 2.05) is 7.05 Å². The van der Waals surface area contributed by atoms with Crippen molar-refractivity contribution in [1.29, 1.82) is 0 Å². The minimum atomic E-state index is -0.366. The van der Waals surface area contributed by atoms with Crippen molar-refractivity contribution >= 4 is 28.9 Å². The van der Waals surface area contributed by atoms with Crippen LogP contribution >= 0.6 is 23.8 Å². The Morgan fingerprint density at radius 2 is 2.05 bits per heavy atom. The van der Waals surface area contributed by atoms with Crippen molar-refractivity contribution in [2.45, 2.75) is 6.54 Å². The van der Waals surface area contributed by atoms with Gasteiger partial charge in [0.05, 0.1) is 5.02 Å². The Kier molecular flexibility index (Phi) is 4.96. The quantitative estimate of drug-likeness (QED) is 0.843. The lowest BCUT2D eigenvalue weighted by Gasteiger charge is -2.35. The first kappa shape index (κ1) is 14.5. The zero-order valence-corrected chi connectivity index (χ0v) is 12.4. The second kappa shape index (κ2) is 6.50. The van der Waals surface area contributed by atoms with Crippen LogP contribution in [0, 0.1) is 5.82 Å². The van der Waals surface area contributed by atoms with E-state index >= 15 is 0 Å². The molecular formula is C13H17ClFN3S. The molecule has 0 amide bonds. The van der Waals surface area contributed by atoms with Gasteiger partial charge in [0, 0.05) is 39.8 Å². The van der Waals surface area contributed by atoms with Crippen molar-refractivity contribution in [3.8, 4) is 0 Å². The third kappa shape index (κ3) is 3.78. The minimum Gasteiger partial charge on any atom is -0.366 e. The highest BCUT2D eigenvalue weighted by molar-refractivity contribution is 7.80. The highest BCUT2D eigenvalue weighted by atomic mass is 35.5. The van der Waals surface area contributed by atoms with Crippen LogP contribution in [0.2, 0.25) is 5.02 Å². The van der Waals surface area contributed by atoms with Gasteiger partial charge in [0.25, 0.3) is 0 Å². The van der Waals surface area contributed by atoms with Gasteiger partial charge in [-0.2, -0.15) is 0 Å². The number of thiocarbonyl (C=S) groups is 1. The van der Waals surface area contributed by atoms with Gasteiger partial charge in [0.2, 0.25) is 0 Å². The summed E-state index contributed by atoms with van der Waals surface area (Å²) in [7, 11) is 1.84. The Morgan fingerprint density at radius 1 is 1.37 bits per heavy atom. The summed E-state index contributed by atoms with van der Waals surface area (Å²) in [6, 6.07) is 4.90. The van der Waals surface area contributed by atoms with Crippen molar-refractivity contribution in [2.75, 3.05) is 33.2 Å². The summed E-state index contributed by atoms with van der Waals surface area (Å²) in [6.45, 7) is 4.50. The molecule has 1 fully saturated rings. The van der Waals surface area contributed by atoms with Crippen LogP contribution in [0.3, 0.4) is 0 Å². The zero-order chi connectivity index (χ0) is 13.8. The first-order valence-electron chi connectivity index (χ1n) is 6.23. The maximum Gasteiger partial charge on any atom is 0.168 e. The number of piperazine rings is 1. The Hall–Kier alpha value is -0.910. The van der Waals surface area contributed by atoms with Crippen molar-refractivity contribution in [3.63, 3.8) is 0 Å². The second-order valence-corrected chi connectivity index (χ2v) is 5.36. The van der Waals surface area contributed by atoms with Crippen LogP contribution in [-0.4, -0.2) is 48.1 Å². The third-order valence-electron chi connectivity index (χ3n) is 3.26. The van der Waals surface area contributed by atoms with Gasteiger partial charge in [-0.05, 0) is 29.9 Å². The molecule has 1 aromatic carbocycles. The summed E-state index contributed by atoms with van der Waals surface area (Å²) in [5, 5.41) is 3.98. The first-order valence-corrected chi connectivity index (χ1v) is 7.01. The molecule has 1 saturated heterocycles. The summed E-state index contributed by atoms with van der Waals surface area (Å²) < 4.78 is 13.1. The number of hydrogen-bond donors (Lipinski definition) is 1. The Bertz CT molecular complexity index is 461. The van der Waals surface area contributed by atoms with Crippen molar-refractivity contribution < 1.29 is 4.39 Å². The number of halogens is 2. The van der Waals surface area contributed by atoms with Crippen LogP contribution in [0.1, 0.15) is 5.56 Å². The van der Waals surface area contributed by atoms with Crippen molar-refractivity contribution in [1.82, 2.24) is 15.1 Å². The molecule has 19 heavy (non-hydrogen) atoms. The normalized spacial score (nSPS) is 16.5. The molecule has 1 aromatic rings. The standard InChI is InChI=1S/C13H17ClFN3S/c1-16-13(19)18-6-4-17(5-7-18)9-10-2-3-12(15)11(14)8-10/h2-3,8H,4-7,9H2,1H3,(H,16,19). The molecule has 3 nitrogen and oxygen atoms in total. The summed E-state index contributed by atoms with van der Waals surface area (Å²) in [6.07, 6.45) is 0. The maximum atomic E-state index is 13.1. The third-order valence-corrected chi connectivity index (χ3v) is 4.02. The van der Waals surface area contributed by atoms with E-state index in [-0.39, 0.29) is 10.8 Å². The molecule has 0 atom stereocenters. The Labute approximate surface area is 123 Å². The number of rotatable bonds is 2. The van der Waals surface area contributed by atoms with Gasteiger partial charge in [-0.1, -0.05) is 17.7 Å². The molecule has 1 aliphatic rings. The Balaban J connectivity index is 1.88. The van der Waals surface area contributed by atoms with Gasteiger partial charge in [-0.15, -0.1) is 0 Å². The van der Waals surface area contributed by atoms with Crippen LogP contribution in [-0.2, 0) is 6.54 Å². The van der Waals surface area contributed by atoms with E-state index < -0.39 is 0 Å². The Morgan fingerprint density at radius 3 is 2.63 bits per heavy atom. The van der Waals surface area contributed by atoms with Gasteiger partial charge in [0.1, 0.15) is 5.82 Å². The van der Waals surface area contributed by atoms with E-state index in [0.717, 1.165) is 43.4 Å². The molecule has 1 N–H and O–H groups in total. The molecule has 0 bridgehead atoms. The smallest absolute Gasteiger partial charge is 0.168 e. The highest BCUT2D eigenvalue weighted by Crippen LogP contribution is 2.17. The molecule has 1 heterocycles. The van der Waals surface area contributed by atoms with Gasteiger partial charge < -0.3 is 10.2 Å². The average Bonchev–Trinajstić information content (AvgIpc) is 2.43. The second-order valence-electron chi connectivity index (χ2n) is 4.57. The number of nitrogens with zero attached hydrogens (tertiary/aromatic N) is 2. The molecule has 0 radical (unpaired) electrons. The number of benzene rings is 1. The van der Waals surface area contributed by atoms with E-state index in [2.05, 4.69) is 15.1 Å². The number of nitrogens with one attached hydrogen (secondary N) is 1. The fraction of sp³-hybridized carbons (Fsp3) is 0.462. The van der Waals surface area contributed by atoms with Gasteiger partial charge >= 0.3 is 0 Å². The van der Waals surface area contributed by atoms with Crippen LogP contribution in [0.5, 0.6) is 0 Å². The average molecular weight is 302 g/mol. The summed E-state index contributed by atoms with van der Waals surface area (Å²) in [5.41, 5.74) is 1.04. The SMILES string of the molecule is CNC(=S)N1CCN(Cc2ccc(F)c(Cl)c2)CC1. The van der Waals surface area contributed by atoms with E-state index in [9.17, 15) is 4.39 Å². The number of hydrogen-bond acceptors (Lipinski definition) is 2. The molecule has 0 unspecified atom stereocenters. The molecule has 0 spiro atoms. The van der Waals surface area contributed by atoms with Crippen LogP contribution in [0.25, 0.3) is 0 Å². The van der Waals surface area contributed by atoms with E-state index in [1.54, 1.807) is 12.1 Å². The lowest BCUT2D eigenvalue weighted by molar-refractivity contribution is 0.175. The van der Waals surface area contributed by atoms with E-state index in [4.69, 9.17) is 23.8 Å². The predicted molar refractivity (Wildman–Crippen MR) is 79.9 cm³/mol. The molecule has 6 heteroatoms. The van der Waals surface area contributed by atoms with Crippen LogP contribution < -0.4 is 5.32 Å². The van der Waals surface area contributed by atoms with Gasteiger partial charge in [-0.3, -0.25) is 4.90 Å². The molecule has 2 rings (SSSR count). The van der Waals surface area contributed by atoms with Crippen molar-refractivity contribution in [3.05, 3.63) is 34.6 Å². The predicted octanol–water partition coefficient (Wildman–Crippen LogP) is 2.10. The van der Waals surface area contributed by atoms with Gasteiger partial charge in [-0.25, -0.2) is 4.39 Å². The summed E-state index contributed by atoms with van der Waals surface area (Å²) >= 11 is 11.0. The zero-order valence-electron chi connectivity index (χ0n) is 10.8. The molecule has 1 aliphatic heterocycles. The first-order chi connectivity index (χ1) is 9.10. The monoisotopic (exact) mass is 301 g/mol. The molecule has 0 aliphatic carbocycles. The van der Waals surface area contributed by atoms with Crippen molar-refractivity contribution in [2.24, 2.45) is 0 Å². The van der Waals surface area contributed by atoms with Crippen LogP contribution in [0.4, 0.5) is 4.39 Å².